The van der Waals surface area contributed by atoms with Crippen molar-refractivity contribution in [1.29, 1.82) is 0 Å². The molecule has 0 bridgehead atoms. The van der Waals surface area contributed by atoms with Gasteiger partial charge >= 0.3 is 6.18 Å². The Bertz CT molecular complexity index is 867. The molecule has 0 spiro atoms. The van der Waals surface area contributed by atoms with Crippen LogP contribution in [0.4, 0.5) is 19.0 Å². The van der Waals surface area contributed by atoms with Crippen LogP contribution in [0.2, 0.25) is 0 Å². The summed E-state index contributed by atoms with van der Waals surface area (Å²) in [5, 5.41) is 5.03. The Kier molecular flexibility index (Phi) is 6.04. The van der Waals surface area contributed by atoms with Crippen molar-refractivity contribution in [2.75, 3.05) is 12.4 Å². The number of nitrogens with one attached hydrogen (secondary N) is 2. The second kappa shape index (κ2) is 8.07. The summed E-state index contributed by atoms with van der Waals surface area (Å²) in [6.45, 7) is 2.80. The molecule has 0 saturated carbocycles. The van der Waals surface area contributed by atoms with E-state index in [2.05, 4.69) is 15.6 Å². The number of hydrogen-bond donors (Lipinski definition) is 2. The van der Waals surface area contributed by atoms with Crippen LogP contribution in [0.15, 0.2) is 30.3 Å². The number of anilines is 1. The zero-order valence-electron chi connectivity index (χ0n) is 14.9. The van der Waals surface area contributed by atoms with Crippen LogP contribution in [-0.4, -0.2) is 23.9 Å². The summed E-state index contributed by atoms with van der Waals surface area (Å²) in [5.74, 6) is -0.987. The van der Waals surface area contributed by atoms with Gasteiger partial charge in [-0.2, -0.15) is 13.2 Å². The van der Waals surface area contributed by atoms with Gasteiger partial charge in [0.2, 0.25) is 5.91 Å². The van der Waals surface area contributed by atoms with E-state index in [1.165, 1.54) is 31.2 Å². The Morgan fingerprint density at radius 1 is 1.22 bits per heavy atom. The predicted octanol–water partition coefficient (Wildman–Crippen LogP) is 3.31. The molecular weight excluding hydrogens is 363 g/mol. The molecule has 2 rings (SSSR count). The van der Waals surface area contributed by atoms with Gasteiger partial charge < -0.3 is 15.4 Å². The number of nitrogens with zero attached hydrogens (tertiary/aromatic N) is 1. The standard InChI is InChI=1S/C18H18F3N3O3/c1-10-7-13(8-15(23-10)24-11(2)25)17(26)22-9-12-5-4-6-14(16(12)27-3)18(19,20)21/h4-8H,9H2,1-3H3,(H,22,26)(H,23,24,25). The van der Waals surface area contributed by atoms with E-state index in [9.17, 15) is 22.8 Å². The van der Waals surface area contributed by atoms with Gasteiger partial charge in [0.1, 0.15) is 11.6 Å². The summed E-state index contributed by atoms with van der Waals surface area (Å²) in [5.41, 5.74) is -0.00164. The monoisotopic (exact) mass is 381 g/mol. The van der Waals surface area contributed by atoms with Gasteiger partial charge in [-0.1, -0.05) is 12.1 Å². The van der Waals surface area contributed by atoms with E-state index in [0.29, 0.717) is 5.69 Å². The minimum atomic E-state index is -4.57. The number of carbonyl (C=O) groups is 2. The van der Waals surface area contributed by atoms with Gasteiger partial charge in [-0.3, -0.25) is 9.59 Å². The number of rotatable bonds is 5. The number of para-hydroxylation sites is 1. The topological polar surface area (TPSA) is 80.3 Å². The van der Waals surface area contributed by atoms with Gasteiger partial charge in [0, 0.05) is 30.3 Å². The summed E-state index contributed by atoms with van der Waals surface area (Å²) in [6, 6.07) is 6.49. The Labute approximate surface area is 153 Å². The van der Waals surface area contributed by atoms with Crippen LogP contribution in [-0.2, 0) is 17.5 Å². The van der Waals surface area contributed by atoms with Crippen LogP contribution < -0.4 is 15.4 Å². The molecule has 1 aromatic carbocycles. The lowest BCUT2D eigenvalue weighted by Crippen LogP contribution is -2.24. The van der Waals surface area contributed by atoms with Crippen molar-refractivity contribution < 1.29 is 27.5 Å². The Hall–Kier alpha value is -3.10. The average Bonchev–Trinajstić information content (AvgIpc) is 2.57. The molecule has 0 fully saturated rings. The molecule has 0 radical (unpaired) electrons. The molecule has 2 aromatic rings. The quantitative estimate of drug-likeness (QED) is 0.833. The first-order valence-electron chi connectivity index (χ1n) is 7.89. The van der Waals surface area contributed by atoms with E-state index in [1.54, 1.807) is 6.92 Å². The number of amides is 2. The van der Waals surface area contributed by atoms with Gasteiger partial charge in [0.15, 0.2) is 0 Å². The maximum atomic E-state index is 13.1. The highest BCUT2D eigenvalue weighted by atomic mass is 19.4. The SMILES string of the molecule is COc1c(CNC(=O)c2cc(C)nc(NC(C)=O)c2)cccc1C(F)(F)F. The molecule has 0 aliphatic heterocycles. The minimum absolute atomic E-state index is 0.164. The maximum absolute atomic E-state index is 13.1. The van der Waals surface area contributed by atoms with Gasteiger partial charge in [0.25, 0.3) is 5.91 Å². The molecule has 6 nitrogen and oxygen atoms in total. The van der Waals surface area contributed by atoms with Gasteiger partial charge in [0.05, 0.1) is 12.7 Å². The first-order chi connectivity index (χ1) is 12.6. The Morgan fingerprint density at radius 2 is 1.93 bits per heavy atom. The van der Waals surface area contributed by atoms with E-state index < -0.39 is 17.6 Å². The van der Waals surface area contributed by atoms with Gasteiger partial charge in [-0.05, 0) is 25.1 Å². The summed E-state index contributed by atoms with van der Waals surface area (Å²) in [7, 11) is 1.14. The maximum Gasteiger partial charge on any atom is 0.419 e. The number of alkyl halides is 3. The van der Waals surface area contributed by atoms with Crippen LogP contribution >= 0.6 is 0 Å². The first-order valence-corrected chi connectivity index (χ1v) is 7.89. The highest BCUT2D eigenvalue weighted by Gasteiger charge is 2.35. The van der Waals surface area contributed by atoms with E-state index in [-0.39, 0.29) is 35.1 Å². The highest BCUT2D eigenvalue weighted by molar-refractivity contribution is 5.96. The molecule has 0 atom stereocenters. The van der Waals surface area contributed by atoms with E-state index in [0.717, 1.165) is 13.2 Å². The fourth-order valence-electron chi connectivity index (χ4n) is 2.51. The van der Waals surface area contributed by atoms with E-state index >= 15 is 0 Å². The first kappa shape index (κ1) is 20.2. The van der Waals surface area contributed by atoms with Crippen LogP contribution in [0.5, 0.6) is 5.75 Å². The van der Waals surface area contributed by atoms with E-state index in [4.69, 9.17) is 4.74 Å². The lowest BCUT2D eigenvalue weighted by atomic mass is 10.1. The largest absolute Gasteiger partial charge is 0.496 e. The number of aromatic nitrogens is 1. The van der Waals surface area contributed by atoms with E-state index in [1.807, 2.05) is 0 Å². The molecule has 0 aliphatic rings. The third-order valence-electron chi connectivity index (χ3n) is 3.57. The molecule has 1 heterocycles. The Balaban J connectivity index is 2.21. The molecule has 2 amide bonds. The van der Waals surface area contributed by atoms with Crippen molar-refractivity contribution in [3.05, 3.63) is 52.7 Å². The number of halogens is 3. The summed E-state index contributed by atoms with van der Waals surface area (Å²) in [4.78, 5) is 27.6. The van der Waals surface area contributed by atoms with Crippen molar-refractivity contribution in [3.8, 4) is 5.75 Å². The smallest absolute Gasteiger partial charge is 0.419 e. The van der Waals surface area contributed by atoms with Crippen LogP contribution in [0.1, 0.15) is 34.1 Å². The molecule has 27 heavy (non-hydrogen) atoms. The zero-order chi connectivity index (χ0) is 20.2. The fraction of sp³-hybridized carbons (Fsp3) is 0.278. The third kappa shape index (κ3) is 5.19. The van der Waals surface area contributed by atoms with Crippen molar-refractivity contribution in [2.45, 2.75) is 26.6 Å². The van der Waals surface area contributed by atoms with Crippen LogP contribution in [0.25, 0.3) is 0 Å². The normalized spacial score (nSPS) is 11.0. The predicted molar refractivity (Wildman–Crippen MR) is 92.4 cm³/mol. The molecule has 0 saturated heterocycles. The second-order valence-corrected chi connectivity index (χ2v) is 5.74. The number of pyridine rings is 1. The summed E-state index contributed by atoms with van der Waals surface area (Å²) < 4.78 is 44.1. The lowest BCUT2D eigenvalue weighted by Gasteiger charge is -2.16. The summed E-state index contributed by atoms with van der Waals surface area (Å²) in [6.07, 6.45) is -4.57. The van der Waals surface area contributed by atoms with Crippen molar-refractivity contribution in [1.82, 2.24) is 10.3 Å². The number of hydrogen-bond acceptors (Lipinski definition) is 4. The van der Waals surface area contributed by atoms with Crippen LogP contribution in [0.3, 0.4) is 0 Å². The summed E-state index contributed by atoms with van der Waals surface area (Å²) >= 11 is 0. The number of carbonyl (C=O) groups excluding carboxylic acids is 2. The van der Waals surface area contributed by atoms with Crippen molar-refractivity contribution in [2.24, 2.45) is 0 Å². The molecule has 144 valence electrons. The Morgan fingerprint density at radius 3 is 2.52 bits per heavy atom. The third-order valence-corrected chi connectivity index (χ3v) is 3.57. The molecule has 2 N–H and O–H groups in total. The number of aryl methyl sites for hydroxylation is 1. The molecule has 0 unspecified atom stereocenters. The highest BCUT2D eigenvalue weighted by Crippen LogP contribution is 2.38. The molecular formula is C18H18F3N3O3. The lowest BCUT2D eigenvalue weighted by molar-refractivity contribution is -0.138. The number of ether oxygens (including phenoxy) is 1. The average molecular weight is 381 g/mol. The minimum Gasteiger partial charge on any atom is -0.496 e. The van der Waals surface area contributed by atoms with Gasteiger partial charge in [-0.25, -0.2) is 4.98 Å². The molecule has 9 heteroatoms. The molecule has 1 aromatic heterocycles. The number of benzene rings is 1. The van der Waals surface area contributed by atoms with Crippen molar-refractivity contribution in [3.63, 3.8) is 0 Å². The second-order valence-electron chi connectivity index (χ2n) is 5.74. The fourth-order valence-corrected chi connectivity index (χ4v) is 2.51. The van der Waals surface area contributed by atoms with Gasteiger partial charge in [-0.15, -0.1) is 0 Å². The number of methoxy groups -OCH3 is 1. The van der Waals surface area contributed by atoms with Crippen LogP contribution in [0, 0.1) is 6.92 Å². The van der Waals surface area contributed by atoms with Crippen molar-refractivity contribution >= 4 is 17.6 Å². The zero-order valence-corrected chi connectivity index (χ0v) is 14.9. The molecule has 0 aliphatic carbocycles.